The summed E-state index contributed by atoms with van der Waals surface area (Å²) in [7, 11) is 0.546. The van der Waals surface area contributed by atoms with Gasteiger partial charge in [0.25, 0.3) is 5.97 Å². The lowest BCUT2D eigenvalue weighted by molar-refractivity contribution is -0.135. The van der Waals surface area contributed by atoms with E-state index in [1.807, 2.05) is 0 Å². The van der Waals surface area contributed by atoms with E-state index in [4.69, 9.17) is 4.43 Å². The maximum Gasteiger partial charge on any atom is 0.291 e. The third-order valence-corrected chi connectivity index (χ3v) is 6.97. The Hall–Kier alpha value is -0.313. The van der Waals surface area contributed by atoms with E-state index < -0.39 is 0 Å². The van der Waals surface area contributed by atoms with Gasteiger partial charge in [-0.25, -0.2) is 0 Å². The van der Waals surface area contributed by atoms with E-state index in [0.717, 1.165) is 18.3 Å². The van der Waals surface area contributed by atoms with Crippen molar-refractivity contribution < 1.29 is 9.22 Å². The molecular formula is C18H34O2Si. The lowest BCUT2D eigenvalue weighted by Gasteiger charge is -2.49. The first-order valence-corrected chi connectivity index (χ1v) is 10.1. The monoisotopic (exact) mass is 310 g/mol. The van der Waals surface area contributed by atoms with E-state index in [0.29, 0.717) is 22.3 Å². The highest BCUT2D eigenvalue weighted by Gasteiger charge is 2.44. The van der Waals surface area contributed by atoms with Crippen LogP contribution in [-0.2, 0) is 9.22 Å². The van der Waals surface area contributed by atoms with Crippen LogP contribution in [0.4, 0.5) is 0 Å². The summed E-state index contributed by atoms with van der Waals surface area (Å²) in [6.07, 6.45) is 17.1. The highest BCUT2D eigenvalue weighted by atomic mass is 28.2. The SMILES string of the molecule is CCC(CCC(=O)O[SiH3])(C1CCCCC1)C1CCCCC1. The Kier molecular flexibility index (Phi) is 6.78. The van der Waals surface area contributed by atoms with Crippen molar-refractivity contribution in [2.24, 2.45) is 17.3 Å². The van der Waals surface area contributed by atoms with Crippen LogP contribution in [0.3, 0.4) is 0 Å². The van der Waals surface area contributed by atoms with Gasteiger partial charge in [-0.15, -0.1) is 0 Å². The molecule has 2 fully saturated rings. The van der Waals surface area contributed by atoms with Crippen molar-refractivity contribution >= 4 is 16.5 Å². The highest BCUT2D eigenvalue weighted by Crippen LogP contribution is 2.53. The van der Waals surface area contributed by atoms with Gasteiger partial charge >= 0.3 is 0 Å². The summed E-state index contributed by atoms with van der Waals surface area (Å²) >= 11 is 0. The third-order valence-electron chi connectivity index (χ3n) is 6.52. The summed E-state index contributed by atoms with van der Waals surface area (Å²) in [4.78, 5) is 11.8. The molecule has 0 spiro atoms. The van der Waals surface area contributed by atoms with Crippen LogP contribution in [0.15, 0.2) is 0 Å². The maximum absolute atomic E-state index is 11.8. The molecule has 0 heterocycles. The zero-order valence-corrected chi connectivity index (χ0v) is 16.2. The van der Waals surface area contributed by atoms with Gasteiger partial charge in [0.05, 0.1) is 0 Å². The zero-order valence-electron chi connectivity index (χ0n) is 14.2. The quantitative estimate of drug-likeness (QED) is 0.689. The molecule has 0 amide bonds. The van der Waals surface area contributed by atoms with Crippen LogP contribution in [0.5, 0.6) is 0 Å². The molecule has 0 bridgehead atoms. The summed E-state index contributed by atoms with van der Waals surface area (Å²) < 4.78 is 5.06. The van der Waals surface area contributed by atoms with Crippen molar-refractivity contribution in [3.63, 3.8) is 0 Å². The molecular weight excluding hydrogens is 276 g/mol. The normalized spacial score (nSPS) is 22.3. The average molecular weight is 311 g/mol. The van der Waals surface area contributed by atoms with Gasteiger partial charge in [0.2, 0.25) is 10.5 Å². The molecule has 0 radical (unpaired) electrons. The summed E-state index contributed by atoms with van der Waals surface area (Å²) in [6.45, 7) is 2.38. The van der Waals surface area contributed by atoms with Crippen LogP contribution in [0, 0.1) is 17.3 Å². The molecule has 0 N–H and O–H groups in total. The Balaban J connectivity index is 2.14. The van der Waals surface area contributed by atoms with Crippen molar-refractivity contribution in [3.8, 4) is 0 Å². The molecule has 2 saturated carbocycles. The zero-order chi connectivity index (χ0) is 15.1. The highest BCUT2D eigenvalue weighted by molar-refractivity contribution is 6.05. The predicted molar refractivity (Wildman–Crippen MR) is 91.1 cm³/mol. The van der Waals surface area contributed by atoms with Gasteiger partial charge in [-0.3, -0.25) is 4.79 Å². The van der Waals surface area contributed by atoms with Crippen LogP contribution in [0.25, 0.3) is 0 Å². The van der Waals surface area contributed by atoms with E-state index in [2.05, 4.69) is 6.92 Å². The second-order valence-electron chi connectivity index (χ2n) is 7.33. The lowest BCUT2D eigenvalue weighted by atomic mass is 9.56. The second kappa shape index (κ2) is 8.35. The van der Waals surface area contributed by atoms with Gasteiger partial charge in [0.1, 0.15) is 0 Å². The molecule has 2 aliphatic rings. The largest absolute Gasteiger partial charge is 0.529 e. The summed E-state index contributed by atoms with van der Waals surface area (Å²) in [5.74, 6) is 1.77. The number of carbonyl (C=O) groups excluding carboxylic acids is 1. The molecule has 0 unspecified atom stereocenters. The summed E-state index contributed by atoms with van der Waals surface area (Å²) in [6, 6.07) is 0. The molecule has 2 rings (SSSR count). The van der Waals surface area contributed by atoms with Crippen LogP contribution in [-0.4, -0.2) is 16.5 Å². The van der Waals surface area contributed by atoms with Gasteiger partial charge in [0, 0.05) is 6.42 Å². The first kappa shape index (κ1) is 17.0. The van der Waals surface area contributed by atoms with Crippen molar-refractivity contribution in [2.45, 2.75) is 90.4 Å². The van der Waals surface area contributed by atoms with Gasteiger partial charge in [-0.05, 0) is 55.8 Å². The smallest absolute Gasteiger partial charge is 0.291 e. The Labute approximate surface area is 134 Å². The Bertz CT molecular complexity index is 299. The number of carbonyl (C=O) groups is 1. The fourth-order valence-corrected chi connectivity index (χ4v) is 5.49. The van der Waals surface area contributed by atoms with Crippen LogP contribution in [0.1, 0.15) is 90.4 Å². The minimum absolute atomic E-state index is 0.0473. The van der Waals surface area contributed by atoms with E-state index in [1.54, 1.807) is 0 Å². The first-order valence-electron chi connectivity index (χ1n) is 9.29. The molecule has 0 saturated heterocycles. The van der Waals surface area contributed by atoms with Gasteiger partial charge in [-0.1, -0.05) is 45.4 Å². The molecule has 0 aliphatic heterocycles. The second-order valence-corrected chi connectivity index (χ2v) is 7.74. The van der Waals surface area contributed by atoms with Crippen molar-refractivity contribution in [3.05, 3.63) is 0 Å². The maximum atomic E-state index is 11.8. The standard InChI is InChI=1S/C18H34O2Si/c1-2-18(14-13-17(19)20-21,15-9-5-3-6-10-15)16-11-7-4-8-12-16/h15-16H,2-14H2,1,21H3. The Morgan fingerprint density at radius 3 is 1.86 bits per heavy atom. The van der Waals surface area contributed by atoms with Crippen molar-refractivity contribution in [1.29, 1.82) is 0 Å². The predicted octanol–water partition coefficient (Wildman–Crippen LogP) is 4.15. The van der Waals surface area contributed by atoms with E-state index in [9.17, 15) is 4.79 Å². The van der Waals surface area contributed by atoms with Crippen molar-refractivity contribution in [2.75, 3.05) is 0 Å². The molecule has 2 aliphatic carbocycles. The first-order chi connectivity index (χ1) is 10.2. The summed E-state index contributed by atoms with van der Waals surface area (Å²) in [5, 5.41) is 0. The molecule has 0 aromatic heterocycles. The molecule has 21 heavy (non-hydrogen) atoms. The van der Waals surface area contributed by atoms with E-state index in [-0.39, 0.29) is 5.97 Å². The van der Waals surface area contributed by atoms with Gasteiger partial charge < -0.3 is 4.43 Å². The van der Waals surface area contributed by atoms with Crippen molar-refractivity contribution in [1.82, 2.24) is 0 Å². The molecule has 2 nitrogen and oxygen atoms in total. The molecule has 3 heteroatoms. The fourth-order valence-electron chi connectivity index (χ4n) is 5.29. The number of hydrogen-bond donors (Lipinski definition) is 0. The number of rotatable bonds is 6. The van der Waals surface area contributed by atoms with Gasteiger partial charge in [-0.2, -0.15) is 0 Å². The minimum atomic E-state index is 0.0473. The van der Waals surface area contributed by atoms with Gasteiger partial charge in [0.15, 0.2) is 0 Å². The average Bonchev–Trinajstić information content (AvgIpc) is 2.57. The minimum Gasteiger partial charge on any atom is -0.529 e. The molecule has 0 atom stereocenters. The molecule has 0 aromatic carbocycles. The number of hydrogen-bond acceptors (Lipinski definition) is 2. The van der Waals surface area contributed by atoms with Crippen LogP contribution >= 0.6 is 0 Å². The molecule has 122 valence electrons. The van der Waals surface area contributed by atoms with Crippen LogP contribution < -0.4 is 0 Å². The Morgan fingerprint density at radius 2 is 1.48 bits per heavy atom. The summed E-state index contributed by atoms with van der Waals surface area (Å²) in [5.41, 5.74) is 0.427. The third kappa shape index (κ3) is 4.11. The fraction of sp³-hybridized carbons (Fsp3) is 0.944. The lowest BCUT2D eigenvalue weighted by Crippen LogP contribution is -2.40. The van der Waals surface area contributed by atoms with Crippen LogP contribution in [0.2, 0.25) is 0 Å². The molecule has 0 aromatic rings. The Morgan fingerprint density at radius 1 is 1.00 bits per heavy atom. The topological polar surface area (TPSA) is 26.3 Å². The van der Waals surface area contributed by atoms with E-state index >= 15 is 0 Å². The van der Waals surface area contributed by atoms with E-state index in [1.165, 1.54) is 70.6 Å².